The van der Waals surface area contributed by atoms with Crippen molar-refractivity contribution >= 4 is 11.6 Å². The van der Waals surface area contributed by atoms with Gasteiger partial charge in [-0.25, -0.2) is 4.39 Å². The maximum Gasteiger partial charge on any atom is 0.134 e. The second-order valence-electron chi connectivity index (χ2n) is 3.68. The molecule has 0 aliphatic heterocycles. The Morgan fingerprint density at radius 1 is 1.38 bits per heavy atom. The lowest BCUT2D eigenvalue weighted by molar-refractivity contribution is 0.468. The van der Waals surface area contributed by atoms with Crippen LogP contribution in [0.4, 0.5) is 4.39 Å². The van der Waals surface area contributed by atoms with E-state index in [1.54, 1.807) is 4.68 Å². The van der Waals surface area contributed by atoms with E-state index in [0.29, 0.717) is 17.3 Å². The van der Waals surface area contributed by atoms with E-state index < -0.39 is 6.67 Å². The molecule has 0 saturated heterocycles. The van der Waals surface area contributed by atoms with Crippen LogP contribution in [0.2, 0.25) is 5.02 Å². The summed E-state index contributed by atoms with van der Waals surface area (Å²) in [6, 6.07) is 7.58. The summed E-state index contributed by atoms with van der Waals surface area (Å²) in [5.74, 6) is 0. The van der Waals surface area contributed by atoms with Crippen LogP contribution in [0.3, 0.4) is 0 Å². The lowest BCUT2D eigenvalue weighted by atomic mass is 10.2. The smallest absolute Gasteiger partial charge is 0.134 e. The molecule has 1 heterocycles. The van der Waals surface area contributed by atoms with Gasteiger partial charge in [-0.3, -0.25) is 4.68 Å². The molecule has 2 rings (SSSR count). The molecule has 2 nitrogen and oxygen atoms in total. The predicted octanol–water partition coefficient (Wildman–Crippen LogP) is 3.36. The highest BCUT2D eigenvalue weighted by Gasteiger charge is 2.06. The lowest BCUT2D eigenvalue weighted by Crippen LogP contribution is -2.01. The topological polar surface area (TPSA) is 17.8 Å². The largest absolute Gasteiger partial charge is 0.268 e. The van der Waals surface area contributed by atoms with Crippen LogP contribution in [0.5, 0.6) is 0 Å². The van der Waals surface area contributed by atoms with Crippen molar-refractivity contribution in [2.75, 3.05) is 0 Å². The molecular formula is C12H12ClFN2. The molecule has 0 unspecified atom stereocenters. The van der Waals surface area contributed by atoms with Crippen molar-refractivity contribution in [3.8, 4) is 0 Å². The third kappa shape index (κ3) is 2.25. The van der Waals surface area contributed by atoms with Gasteiger partial charge in [0.05, 0.1) is 12.2 Å². The Balaban J connectivity index is 2.24. The van der Waals surface area contributed by atoms with Gasteiger partial charge in [0.25, 0.3) is 0 Å². The van der Waals surface area contributed by atoms with Gasteiger partial charge in [-0.05, 0) is 24.1 Å². The Morgan fingerprint density at radius 3 is 2.75 bits per heavy atom. The molecule has 2 aromatic rings. The molecule has 0 amide bonds. The number of rotatable bonds is 3. The van der Waals surface area contributed by atoms with Crippen LogP contribution in [-0.2, 0) is 13.2 Å². The van der Waals surface area contributed by atoms with Crippen molar-refractivity contribution in [2.45, 2.75) is 20.1 Å². The van der Waals surface area contributed by atoms with Gasteiger partial charge in [0.15, 0.2) is 0 Å². The fourth-order valence-electron chi connectivity index (χ4n) is 1.58. The molecule has 0 saturated carbocycles. The molecule has 0 fully saturated rings. The van der Waals surface area contributed by atoms with Gasteiger partial charge < -0.3 is 0 Å². The highest BCUT2D eigenvalue weighted by Crippen LogP contribution is 2.16. The van der Waals surface area contributed by atoms with E-state index >= 15 is 0 Å². The van der Waals surface area contributed by atoms with Gasteiger partial charge in [-0.2, -0.15) is 5.10 Å². The van der Waals surface area contributed by atoms with Gasteiger partial charge in [0, 0.05) is 11.2 Å². The summed E-state index contributed by atoms with van der Waals surface area (Å²) in [5, 5.41) is 4.85. The fraction of sp³-hybridized carbons (Fsp3) is 0.250. The molecule has 0 atom stereocenters. The Kier molecular flexibility index (Phi) is 3.25. The van der Waals surface area contributed by atoms with Crippen LogP contribution in [0, 0.1) is 6.92 Å². The number of aryl methyl sites for hydroxylation is 1. The molecule has 4 heteroatoms. The van der Waals surface area contributed by atoms with Crippen LogP contribution in [0.1, 0.15) is 16.8 Å². The van der Waals surface area contributed by atoms with Crippen LogP contribution < -0.4 is 0 Å². The van der Waals surface area contributed by atoms with Gasteiger partial charge >= 0.3 is 0 Å². The number of aromatic nitrogens is 2. The van der Waals surface area contributed by atoms with Crippen molar-refractivity contribution in [3.05, 3.63) is 52.3 Å². The summed E-state index contributed by atoms with van der Waals surface area (Å²) in [6.45, 7) is 1.90. The highest BCUT2D eigenvalue weighted by atomic mass is 35.5. The van der Waals surface area contributed by atoms with Crippen LogP contribution in [0.15, 0.2) is 30.5 Å². The zero-order valence-electron chi connectivity index (χ0n) is 8.95. The molecule has 0 N–H and O–H groups in total. The van der Waals surface area contributed by atoms with Crippen LogP contribution >= 0.6 is 11.6 Å². The first-order valence-corrected chi connectivity index (χ1v) is 5.41. The molecule has 0 aliphatic rings. The standard InChI is InChI=1S/C12H12ClFN2/c1-9-7-16(15-12(9)6-14)8-10-4-2-3-5-11(10)13/h2-5,7H,6,8H2,1H3. The number of alkyl halides is 1. The zero-order chi connectivity index (χ0) is 11.5. The molecule has 0 bridgehead atoms. The molecule has 1 aromatic heterocycles. The second kappa shape index (κ2) is 4.66. The molecular weight excluding hydrogens is 227 g/mol. The van der Waals surface area contributed by atoms with Crippen LogP contribution in [0.25, 0.3) is 0 Å². The van der Waals surface area contributed by atoms with Gasteiger partial charge in [0.1, 0.15) is 6.67 Å². The van der Waals surface area contributed by atoms with Gasteiger partial charge in [-0.1, -0.05) is 29.8 Å². The average molecular weight is 239 g/mol. The second-order valence-corrected chi connectivity index (χ2v) is 4.09. The Bertz CT molecular complexity index is 494. The quantitative estimate of drug-likeness (QED) is 0.802. The Morgan fingerprint density at radius 2 is 2.12 bits per heavy atom. The minimum absolute atomic E-state index is 0.493. The summed E-state index contributed by atoms with van der Waals surface area (Å²) in [4.78, 5) is 0. The van der Waals surface area contributed by atoms with Crippen LogP contribution in [-0.4, -0.2) is 9.78 Å². The van der Waals surface area contributed by atoms with E-state index in [-0.39, 0.29) is 0 Å². The third-order valence-electron chi connectivity index (χ3n) is 2.46. The average Bonchev–Trinajstić information content (AvgIpc) is 2.62. The highest BCUT2D eigenvalue weighted by molar-refractivity contribution is 6.31. The van der Waals surface area contributed by atoms with Gasteiger partial charge in [-0.15, -0.1) is 0 Å². The summed E-state index contributed by atoms with van der Waals surface area (Å²) in [6.07, 6.45) is 1.83. The number of benzene rings is 1. The maximum absolute atomic E-state index is 12.5. The van der Waals surface area contributed by atoms with E-state index in [0.717, 1.165) is 11.1 Å². The maximum atomic E-state index is 12.5. The number of hydrogen-bond acceptors (Lipinski definition) is 1. The number of nitrogens with zero attached hydrogens (tertiary/aromatic N) is 2. The monoisotopic (exact) mass is 238 g/mol. The van der Waals surface area contributed by atoms with Crippen molar-refractivity contribution in [1.82, 2.24) is 9.78 Å². The molecule has 16 heavy (non-hydrogen) atoms. The summed E-state index contributed by atoms with van der Waals surface area (Å²) in [5.41, 5.74) is 2.35. The van der Waals surface area contributed by atoms with Crippen molar-refractivity contribution in [1.29, 1.82) is 0 Å². The normalized spacial score (nSPS) is 10.7. The Labute approximate surface area is 98.7 Å². The van der Waals surface area contributed by atoms with Crippen molar-refractivity contribution < 1.29 is 4.39 Å². The minimum atomic E-state index is -0.526. The summed E-state index contributed by atoms with van der Waals surface area (Å²) in [7, 11) is 0. The van der Waals surface area contributed by atoms with E-state index in [2.05, 4.69) is 5.10 Å². The van der Waals surface area contributed by atoms with Crippen molar-refractivity contribution in [2.24, 2.45) is 0 Å². The van der Waals surface area contributed by atoms with E-state index in [1.807, 2.05) is 37.4 Å². The lowest BCUT2D eigenvalue weighted by Gasteiger charge is -2.03. The first-order valence-electron chi connectivity index (χ1n) is 5.03. The molecule has 84 valence electrons. The summed E-state index contributed by atoms with van der Waals surface area (Å²) < 4.78 is 14.2. The van der Waals surface area contributed by atoms with Gasteiger partial charge in [0.2, 0.25) is 0 Å². The number of halogens is 2. The summed E-state index contributed by atoms with van der Waals surface area (Å²) >= 11 is 6.04. The molecule has 0 radical (unpaired) electrons. The SMILES string of the molecule is Cc1cn(Cc2ccccc2Cl)nc1CF. The van der Waals surface area contributed by atoms with E-state index in [1.165, 1.54) is 0 Å². The molecule has 0 aliphatic carbocycles. The first kappa shape index (κ1) is 11.1. The molecule has 0 spiro atoms. The number of hydrogen-bond donors (Lipinski definition) is 0. The van der Waals surface area contributed by atoms with E-state index in [9.17, 15) is 4.39 Å². The minimum Gasteiger partial charge on any atom is -0.268 e. The Hall–Kier alpha value is -1.35. The third-order valence-corrected chi connectivity index (χ3v) is 2.83. The fourth-order valence-corrected chi connectivity index (χ4v) is 1.77. The molecule has 1 aromatic carbocycles. The predicted molar refractivity (Wildman–Crippen MR) is 62.3 cm³/mol. The first-order chi connectivity index (χ1) is 7.70. The van der Waals surface area contributed by atoms with E-state index in [4.69, 9.17) is 11.6 Å². The van der Waals surface area contributed by atoms with Crippen molar-refractivity contribution in [3.63, 3.8) is 0 Å². The zero-order valence-corrected chi connectivity index (χ0v) is 9.71.